The molecule has 0 amide bonds. The molecule has 1 fully saturated rings. The molecule has 1 aliphatic rings. The van der Waals surface area contributed by atoms with E-state index in [0.29, 0.717) is 6.04 Å². The molecule has 2 heteroatoms. The predicted molar refractivity (Wildman–Crippen MR) is 89.9 cm³/mol. The fourth-order valence-electron chi connectivity index (χ4n) is 3.82. The monoisotopic (exact) mass is 289 g/mol. The van der Waals surface area contributed by atoms with Crippen LogP contribution in [0, 0.1) is 27.7 Å². The highest BCUT2D eigenvalue weighted by molar-refractivity contribution is 5.45. The van der Waals surface area contributed by atoms with Crippen molar-refractivity contribution in [2.24, 2.45) is 0 Å². The van der Waals surface area contributed by atoms with E-state index >= 15 is 0 Å². The average Bonchev–Trinajstić information content (AvgIpc) is 2.46. The normalized spacial score (nSPS) is 21.5. The van der Waals surface area contributed by atoms with E-state index in [-0.39, 0.29) is 6.10 Å². The Kier molecular flexibility index (Phi) is 5.45. The number of rotatable bonds is 4. The van der Waals surface area contributed by atoms with Crippen LogP contribution < -0.4 is 0 Å². The summed E-state index contributed by atoms with van der Waals surface area (Å²) < 4.78 is 0. The van der Waals surface area contributed by atoms with Crippen molar-refractivity contribution in [3.05, 3.63) is 33.9 Å². The number of nitrogens with zero attached hydrogens (tertiary/aromatic N) is 1. The van der Waals surface area contributed by atoms with Crippen LogP contribution in [0.25, 0.3) is 0 Å². The summed E-state index contributed by atoms with van der Waals surface area (Å²) in [6.45, 7) is 12.8. The average molecular weight is 289 g/mol. The molecule has 2 unspecified atom stereocenters. The fourth-order valence-corrected chi connectivity index (χ4v) is 3.82. The Morgan fingerprint density at radius 1 is 1.14 bits per heavy atom. The second-order valence-corrected chi connectivity index (χ2v) is 6.74. The minimum atomic E-state index is -0.365. The molecule has 1 aromatic rings. The quantitative estimate of drug-likeness (QED) is 0.897. The highest BCUT2D eigenvalue weighted by atomic mass is 16.3. The number of hydrogen-bond donors (Lipinski definition) is 1. The van der Waals surface area contributed by atoms with Gasteiger partial charge in [-0.3, -0.25) is 4.90 Å². The molecule has 118 valence electrons. The van der Waals surface area contributed by atoms with E-state index in [2.05, 4.69) is 45.6 Å². The number of hydrogen-bond acceptors (Lipinski definition) is 2. The summed E-state index contributed by atoms with van der Waals surface area (Å²) in [5, 5.41) is 10.9. The minimum Gasteiger partial charge on any atom is -0.387 e. The Bertz CT molecular complexity index is 469. The molecule has 0 saturated carbocycles. The van der Waals surface area contributed by atoms with Crippen molar-refractivity contribution in [2.75, 3.05) is 13.1 Å². The van der Waals surface area contributed by atoms with Gasteiger partial charge >= 0.3 is 0 Å². The van der Waals surface area contributed by atoms with Gasteiger partial charge in [-0.1, -0.05) is 19.4 Å². The fraction of sp³-hybridized carbons (Fsp3) is 0.684. The van der Waals surface area contributed by atoms with Crippen LogP contribution in [0.1, 0.15) is 66.5 Å². The number of aryl methyl sites for hydroxylation is 2. The molecule has 1 aromatic carbocycles. The lowest BCUT2D eigenvalue weighted by Gasteiger charge is -2.37. The maximum absolute atomic E-state index is 10.9. The van der Waals surface area contributed by atoms with E-state index in [1.54, 1.807) is 0 Å². The van der Waals surface area contributed by atoms with E-state index in [1.165, 1.54) is 47.9 Å². The topological polar surface area (TPSA) is 23.5 Å². The van der Waals surface area contributed by atoms with Gasteiger partial charge in [0.15, 0.2) is 0 Å². The Labute approximate surface area is 130 Å². The van der Waals surface area contributed by atoms with Crippen LogP contribution in [-0.4, -0.2) is 29.1 Å². The van der Waals surface area contributed by atoms with Gasteiger partial charge in [-0.2, -0.15) is 0 Å². The van der Waals surface area contributed by atoms with Gasteiger partial charge in [-0.25, -0.2) is 0 Å². The van der Waals surface area contributed by atoms with Gasteiger partial charge in [0.25, 0.3) is 0 Å². The first kappa shape index (κ1) is 16.5. The molecular formula is C19H31NO. The maximum Gasteiger partial charge on any atom is 0.0922 e. The van der Waals surface area contributed by atoms with E-state index in [4.69, 9.17) is 0 Å². The van der Waals surface area contributed by atoms with Crippen molar-refractivity contribution >= 4 is 0 Å². The zero-order chi connectivity index (χ0) is 15.6. The van der Waals surface area contributed by atoms with Crippen molar-refractivity contribution in [1.82, 2.24) is 4.90 Å². The summed E-state index contributed by atoms with van der Waals surface area (Å²) in [4.78, 5) is 2.50. The third-order valence-electron chi connectivity index (χ3n) is 5.39. The van der Waals surface area contributed by atoms with Crippen LogP contribution in [0.15, 0.2) is 6.07 Å². The van der Waals surface area contributed by atoms with E-state index < -0.39 is 0 Å². The van der Waals surface area contributed by atoms with Gasteiger partial charge in [-0.05, 0) is 81.3 Å². The van der Waals surface area contributed by atoms with Crippen molar-refractivity contribution in [1.29, 1.82) is 0 Å². The Morgan fingerprint density at radius 2 is 1.76 bits per heavy atom. The third kappa shape index (κ3) is 3.49. The zero-order valence-corrected chi connectivity index (χ0v) is 14.4. The van der Waals surface area contributed by atoms with Crippen molar-refractivity contribution < 1.29 is 5.11 Å². The van der Waals surface area contributed by atoms with Gasteiger partial charge in [0.1, 0.15) is 0 Å². The van der Waals surface area contributed by atoms with Crippen molar-refractivity contribution in [3.63, 3.8) is 0 Å². The number of β-amino-alcohol motifs (C(OH)–C–C–N with tert-alkyl or cyclic N) is 1. The number of benzene rings is 1. The van der Waals surface area contributed by atoms with Crippen LogP contribution in [0.4, 0.5) is 0 Å². The number of likely N-dealkylation sites (tertiary alicyclic amines) is 1. The van der Waals surface area contributed by atoms with Gasteiger partial charge in [0.05, 0.1) is 6.10 Å². The van der Waals surface area contributed by atoms with Crippen LogP contribution in [-0.2, 0) is 0 Å². The first-order chi connectivity index (χ1) is 9.95. The molecule has 2 nitrogen and oxygen atoms in total. The van der Waals surface area contributed by atoms with Crippen molar-refractivity contribution in [2.45, 2.75) is 72.4 Å². The summed E-state index contributed by atoms with van der Waals surface area (Å²) in [6.07, 6.45) is 4.72. The number of piperidine rings is 1. The van der Waals surface area contributed by atoms with E-state index in [0.717, 1.165) is 18.7 Å². The third-order valence-corrected chi connectivity index (χ3v) is 5.39. The lowest BCUT2D eigenvalue weighted by Crippen LogP contribution is -2.41. The summed E-state index contributed by atoms with van der Waals surface area (Å²) >= 11 is 0. The van der Waals surface area contributed by atoms with Crippen LogP contribution in [0.3, 0.4) is 0 Å². The Balaban J connectivity index is 2.22. The van der Waals surface area contributed by atoms with Gasteiger partial charge in [-0.15, -0.1) is 0 Å². The molecular weight excluding hydrogens is 258 g/mol. The zero-order valence-electron chi connectivity index (χ0n) is 14.4. The van der Waals surface area contributed by atoms with Crippen LogP contribution in [0.5, 0.6) is 0 Å². The molecule has 0 bridgehead atoms. The molecule has 0 spiro atoms. The van der Waals surface area contributed by atoms with Gasteiger partial charge in [0.2, 0.25) is 0 Å². The van der Waals surface area contributed by atoms with E-state index in [1.807, 2.05) is 0 Å². The Hall–Kier alpha value is -0.860. The largest absolute Gasteiger partial charge is 0.387 e. The lowest BCUT2D eigenvalue weighted by molar-refractivity contribution is 0.0649. The maximum atomic E-state index is 10.9. The first-order valence-electron chi connectivity index (χ1n) is 8.45. The molecule has 21 heavy (non-hydrogen) atoms. The van der Waals surface area contributed by atoms with Crippen LogP contribution >= 0.6 is 0 Å². The Morgan fingerprint density at radius 3 is 2.33 bits per heavy atom. The number of aliphatic hydroxyl groups is 1. The summed E-state index contributed by atoms with van der Waals surface area (Å²) in [7, 11) is 0. The van der Waals surface area contributed by atoms with Gasteiger partial charge in [0, 0.05) is 12.6 Å². The molecule has 0 aromatic heterocycles. The standard InChI is InChI=1S/C19H31NO/c1-6-17-9-7-8-10-20(17)12-18(21)19-15(4)13(2)11-14(3)16(19)5/h11,17-18,21H,6-10,12H2,1-5H3. The molecule has 0 radical (unpaired) electrons. The molecule has 2 rings (SSSR count). The summed E-state index contributed by atoms with van der Waals surface area (Å²) in [6, 6.07) is 2.89. The SMILES string of the molecule is CCC1CCCCN1CC(O)c1c(C)c(C)cc(C)c1C. The van der Waals surface area contributed by atoms with E-state index in [9.17, 15) is 5.11 Å². The molecule has 2 atom stereocenters. The molecule has 1 heterocycles. The summed E-state index contributed by atoms with van der Waals surface area (Å²) in [5.74, 6) is 0. The predicted octanol–water partition coefficient (Wildman–Crippen LogP) is 4.22. The highest BCUT2D eigenvalue weighted by Gasteiger charge is 2.25. The second kappa shape index (κ2) is 6.93. The van der Waals surface area contributed by atoms with Gasteiger partial charge < -0.3 is 5.11 Å². The number of aliphatic hydroxyl groups excluding tert-OH is 1. The minimum absolute atomic E-state index is 0.365. The highest BCUT2D eigenvalue weighted by Crippen LogP contribution is 2.30. The first-order valence-corrected chi connectivity index (χ1v) is 8.45. The van der Waals surface area contributed by atoms with Crippen LogP contribution in [0.2, 0.25) is 0 Å². The van der Waals surface area contributed by atoms with Crippen molar-refractivity contribution in [3.8, 4) is 0 Å². The second-order valence-electron chi connectivity index (χ2n) is 6.74. The smallest absolute Gasteiger partial charge is 0.0922 e. The summed E-state index contributed by atoms with van der Waals surface area (Å²) in [5.41, 5.74) is 6.26. The molecule has 0 aliphatic carbocycles. The molecule has 1 aliphatic heterocycles. The molecule has 1 N–H and O–H groups in total. The lowest BCUT2D eigenvalue weighted by atomic mass is 9.90. The molecule has 1 saturated heterocycles.